The number of likely N-dealkylation sites (N-methyl/N-ethyl adjacent to an activating group) is 1. The van der Waals surface area contributed by atoms with E-state index in [4.69, 9.17) is 0 Å². The molecule has 1 atom stereocenters. The third-order valence-electron chi connectivity index (χ3n) is 3.95. The van der Waals surface area contributed by atoms with Gasteiger partial charge in [0, 0.05) is 21.3 Å². The molecule has 0 aliphatic rings. The number of hydrogen-bond donors (Lipinski definition) is 2. The SMILES string of the molecule is CC(=O)c1c(C)[nH]c(C(=O)C[NH+](C)Cc2ccc(Br)cc2)c1C. The van der Waals surface area contributed by atoms with Gasteiger partial charge in [0.25, 0.3) is 0 Å². The lowest BCUT2D eigenvalue weighted by Crippen LogP contribution is -3.08. The maximum atomic E-state index is 12.5. The number of hydrogen-bond acceptors (Lipinski definition) is 2. The first-order chi connectivity index (χ1) is 10.8. The van der Waals surface area contributed by atoms with Crippen LogP contribution in [0.4, 0.5) is 0 Å². The van der Waals surface area contributed by atoms with Crippen LogP contribution in [0.3, 0.4) is 0 Å². The Bertz CT molecular complexity index is 732. The van der Waals surface area contributed by atoms with E-state index in [1.165, 1.54) is 12.5 Å². The van der Waals surface area contributed by atoms with E-state index in [-0.39, 0.29) is 11.6 Å². The van der Waals surface area contributed by atoms with E-state index < -0.39 is 0 Å². The van der Waals surface area contributed by atoms with Crippen molar-refractivity contribution >= 4 is 27.5 Å². The molecule has 0 saturated heterocycles. The molecule has 2 rings (SSSR count). The van der Waals surface area contributed by atoms with Crippen LogP contribution < -0.4 is 4.90 Å². The van der Waals surface area contributed by atoms with Gasteiger partial charge < -0.3 is 9.88 Å². The highest BCUT2D eigenvalue weighted by atomic mass is 79.9. The molecule has 122 valence electrons. The van der Waals surface area contributed by atoms with Gasteiger partial charge in [-0.3, -0.25) is 9.59 Å². The lowest BCUT2D eigenvalue weighted by molar-refractivity contribution is -0.884. The summed E-state index contributed by atoms with van der Waals surface area (Å²) in [6.45, 7) is 6.35. The van der Waals surface area contributed by atoms with Gasteiger partial charge in [-0.2, -0.15) is 0 Å². The highest BCUT2D eigenvalue weighted by Crippen LogP contribution is 2.18. The molecule has 4 nitrogen and oxygen atoms in total. The lowest BCUT2D eigenvalue weighted by atomic mass is 10.1. The zero-order chi connectivity index (χ0) is 17.1. The molecule has 0 aliphatic carbocycles. The molecule has 0 aliphatic heterocycles. The minimum atomic E-state index is -0.00846. The number of Topliss-reactive ketones (excluding diaryl/α,β-unsaturated/α-hetero) is 2. The van der Waals surface area contributed by atoms with Crippen LogP contribution in [-0.2, 0) is 6.54 Å². The van der Waals surface area contributed by atoms with E-state index in [0.717, 1.165) is 27.2 Å². The first-order valence-corrected chi connectivity index (χ1v) is 8.38. The second kappa shape index (κ2) is 7.23. The molecule has 5 heteroatoms. The lowest BCUT2D eigenvalue weighted by Gasteiger charge is -2.13. The number of carbonyl (C=O) groups is 2. The molecule has 2 N–H and O–H groups in total. The molecule has 1 aromatic heterocycles. The number of quaternary nitrogens is 1. The molecule has 0 radical (unpaired) electrons. The molecular weight excluding hydrogens is 356 g/mol. The van der Waals surface area contributed by atoms with E-state index in [9.17, 15) is 9.59 Å². The van der Waals surface area contributed by atoms with Gasteiger partial charge >= 0.3 is 0 Å². The number of aromatic amines is 1. The van der Waals surface area contributed by atoms with Crippen LogP contribution in [0.15, 0.2) is 28.7 Å². The monoisotopic (exact) mass is 377 g/mol. The number of benzene rings is 1. The van der Waals surface area contributed by atoms with Crippen LogP contribution in [0.5, 0.6) is 0 Å². The summed E-state index contributed by atoms with van der Waals surface area (Å²) in [5, 5.41) is 0. The summed E-state index contributed by atoms with van der Waals surface area (Å²) >= 11 is 3.42. The summed E-state index contributed by atoms with van der Waals surface area (Å²) in [5.41, 5.74) is 3.91. The maximum absolute atomic E-state index is 12.5. The fourth-order valence-corrected chi connectivity index (χ4v) is 3.20. The van der Waals surface area contributed by atoms with Crippen molar-refractivity contribution in [2.75, 3.05) is 13.6 Å². The summed E-state index contributed by atoms with van der Waals surface area (Å²) in [6, 6.07) is 8.11. The largest absolute Gasteiger partial charge is 0.355 e. The molecule has 0 fully saturated rings. The van der Waals surface area contributed by atoms with E-state index in [1.807, 2.05) is 33.0 Å². The summed E-state index contributed by atoms with van der Waals surface area (Å²) in [4.78, 5) is 28.4. The summed E-state index contributed by atoms with van der Waals surface area (Å²) in [7, 11) is 2.00. The van der Waals surface area contributed by atoms with Gasteiger partial charge in [-0.05, 0) is 38.5 Å². The van der Waals surface area contributed by atoms with Crippen LogP contribution in [-0.4, -0.2) is 30.1 Å². The van der Waals surface area contributed by atoms with Crippen molar-refractivity contribution < 1.29 is 14.5 Å². The van der Waals surface area contributed by atoms with Crippen molar-refractivity contribution in [2.45, 2.75) is 27.3 Å². The van der Waals surface area contributed by atoms with Gasteiger partial charge in [0.05, 0.1) is 12.7 Å². The smallest absolute Gasteiger partial charge is 0.233 e. The summed E-state index contributed by atoms with van der Waals surface area (Å²) < 4.78 is 1.05. The van der Waals surface area contributed by atoms with Crippen molar-refractivity contribution in [3.05, 3.63) is 56.8 Å². The topological polar surface area (TPSA) is 54.4 Å². The van der Waals surface area contributed by atoms with Crippen molar-refractivity contribution in [2.24, 2.45) is 0 Å². The minimum Gasteiger partial charge on any atom is -0.355 e. The minimum absolute atomic E-state index is 0.00846. The Labute approximate surface area is 145 Å². The number of nitrogens with one attached hydrogen (secondary N) is 2. The number of aryl methyl sites for hydroxylation is 1. The van der Waals surface area contributed by atoms with Gasteiger partial charge in [0.2, 0.25) is 5.78 Å². The third kappa shape index (κ3) is 4.18. The van der Waals surface area contributed by atoms with Crippen molar-refractivity contribution in [1.82, 2.24) is 4.98 Å². The van der Waals surface area contributed by atoms with Gasteiger partial charge in [0.15, 0.2) is 5.78 Å². The van der Waals surface area contributed by atoms with Crippen LogP contribution >= 0.6 is 15.9 Å². The van der Waals surface area contributed by atoms with E-state index >= 15 is 0 Å². The first kappa shape index (κ1) is 17.6. The quantitative estimate of drug-likeness (QED) is 0.759. The zero-order valence-corrected chi connectivity index (χ0v) is 15.5. The summed E-state index contributed by atoms with van der Waals surface area (Å²) in [6.07, 6.45) is 0. The van der Waals surface area contributed by atoms with Crippen LogP contribution in [0.2, 0.25) is 0 Å². The highest BCUT2D eigenvalue weighted by molar-refractivity contribution is 9.10. The van der Waals surface area contributed by atoms with E-state index in [2.05, 4.69) is 33.0 Å². The fraction of sp³-hybridized carbons (Fsp3) is 0.333. The van der Waals surface area contributed by atoms with Crippen LogP contribution in [0, 0.1) is 13.8 Å². The molecule has 2 aromatic rings. The summed E-state index contributed by atoms with van der Waals surface area (Å²) in [5.74, 6) is 0.0265. The first-order valence-electron chi connectivity index (χ1n) is 7.58. The zero-order valence-electron chi connectivity index (χ0n) is 13.9. The Morgan fingerprint density at radius 2 is 1.78 bits per heavy atom. The third-order valence-corrected chi connectivity index (χ3v) is 4.48. The average Bonchev–Trinajstić information content (AvgIpc) is 2.76. The second-order valence-corrected chi connectivity index (χ2v) is 6.96. The molecule has 1 aromatic carbocycles. The van der Waals surface area contributed by atoms with E-state index in [1.54, 1.807) is 0 Å². The van der Waals surface area contributed by atoms with Crippen molar-refractivity contribution in [1.29, 1.82) is 0 Å². The molecule has 1 unspecified atom stereocenters. The molecule has 23 heavy (non-hydrogen) atoms. The normalized spacial score (nSPS) is 12.2. The predicted octanol–water partition coefficient (Wildman–Crippen LogP) is 2.49. The standard InChI is InChI=1S/C18H21BrN2O2/c1-11-17(13(3)22)12(2)20-18(11)16(23)10-21(4)9-14-5-7-15(19)8-6-14/h5-8,20H,9-10H2,1-4H3/p+1. The van der Waals surface area contributed by atoms with Crippen LogP contribution in [0.25, 0.3) is 0 Å². The molecule has 0 bridgehead atoms. The Morgan fingerprint density at radius 3 is 2.30 bits per heavy atom. The molecule has 0 spiro atoms. The second-order valence-electron chi connectivity index (χ2n) is 6.04. The maximum Gasteiger partial charge on any atom is 0.233 e. The number of halogens is 1. The number of ketones is 2. The number of rotatable bonds is 6. The van der Waals surface area contributed by atoms with Crippen molar-refractivity contribution in [3.8, 4) is 0 Å². The van der Waals surface area contributed by atoms with Gasteiger partial charge in [0.1, 0.15) is 13.1 Å². The van der Waals surface area contributed by atoms with Crippen molar-refractivity contribution in [3.63, 3.8) is 0 Å². The molecule has 0 saturated carbocycles. The number of carbonyl (C=O) groups excluding carboxylic acids is 2. The number of H-pyrrole nitrogens is 1. The Kier molecular flexibility index (Phi) is 5.55. The van der Waals surface area contributed by atoms with Gasteiger partial charge in [-0.15, -0.1) is 0 Å². The Hall–Kier alpha value is -1.72. The van der Waals surface area contributed by atoms with Gasteiger partial charge in [-0.1, -0.05) is 28.1 Å². The highest BCUT2D eigenvalue weighted by Gasteiger charge is 2.22. The number of aromatic nitrogens is 1. The molecule has 0 amide bonds. The molecule has 1 heterocycles. The average molecular weight is 378 g/mol. The predicted molar refractivity (Wildman–Crippen MR) is 94.2 cm³/mol. The molecular formula is C18H22BrN2O2+. The van der Waals surface area contributed by atoms with Gasteiger partial charge in [-0.25, -0.2) is 0 Å². The Morgan fingerprint density at radius 1 is 1.17 bits per heavy atom. The van der Waals surface area contributed by atoms with E-state index in [0.29, 0.717) is 17.8 Å². The Balaban J connectivity index is 2.08. The van der Waals surface area contributed by atoms with Crippen LogP contribution in [0.1, 0.15) is 44.6 Å². The fourth-order valence-electron chi connectivity index (χ4n) is 2.93.